The van der Waals surface area contributed by atoms with Crippen LogP contribution in [0.2, 0.25) is 0 Å². The summed E-state index contributed by atoms with van der Waals surface area (Å²) in [5.41, 5.74) is 1.85. The van der Waals surface area contributed by atoms with Crippen LogP contribution in [-0.2, 0) is 6.54 Å². The van der Waals surface area contributed by atoms with E-state index in [1.165, 1.54) is 6.42 Å². The van der Waals surface area contributed by atoms with E-state index in [2.05, 4.69) is 24.1 Å². The summed E-state index contributed by atoms with van der Waals surface area (Å²) in [5.74, 6) is 1.18. The first kappa shape index (κ1) is 13.3. The summed E-state index contributed by atoms with van der Waals surface area (Å²) in [6, 6.07) is 5.37. The Balaban J connectivity index is 2.30. The van der Waals surface area contributed by atoms with E-state index in [-0.39, 0.29) is 5.82 Å². The Kier molecular flexibility index (Phi) is 4.23. The average molecular weight is 250 g/mol. The molecule has 0 spiro atoms. The molecule has 0 amide bonds. The van der Waals surface area contributed by atoms with Crippen LogP contribution in [0.4, 0.5) is 10.1 Å². The molecule has 1 saturated heterocycles. The molecule has 1 fully saturated rings. The van der Waals surface area contributed by atoms with Gasteiger partial charge in [-0.05, 0) is 36.9 Å². The monoisotopic (exact) mass is 250 g/mol. The van der Waals surface area contributed by atoms with Crippen LogP contribution in [-0.4, -0.2) is 20.1 Å². The van der Waals surface area contributed by atoms with Gasteiger partial charge in [0.2, 0.25) is 0 Å². The number of hydrogen-bond acceptors (Lipinski definition) is 2. The van der Waals surface area contributed by atoms with E-state index in [0.29, 0.717) is 18.4 Å². The van der Waals surface area contributed by atoms with Crippen molar-refractivity contribution in [3.05, 3.63) is 29.6 Å². The van der Waals surface area contributed by atoms with E-state index in [1.807, 2.05) is 13.1 Å². The zero-order valence-corrected chi connectivity index (χ0v) is 11.5. The van der Waals surface area contributed by atoms with Gasteiger partial charge in [-0.3, -0.25) is 0 Å². The molecule has 3 heteroatoms. The molecule has 0 radical (unpaired) electrons. The van der Waals surface area contributed by atoms with Gasteiger partial charge in [0.25, 0.3) is 0 Å². The second kappa shape index (κ2) is 5.70. The Morgan fingerprint density at radius 1 is 1.28 bits per heavy atom. The molecule has 1 aromatic rings. The minimum Gasteiger partial charge on any atom is -0.368 e. The standard InChI is InChI=1S/C15H23FN2/c1-11-7-12(2)10-18(9-11)15-13(8-17-3)5-4-6-14(15)16/h4-6,11-12,17H,7-10H2,1-3H3. The van der Waals surface area contributed by atoms with Crippen LogP contribution in [0.1, 0.15) is 25.8 Å². The topological polar surface area (TPSA) is 15.3 Å². The summed E-state index contributed by atoms with van der Waals surface area (Å²) in [4.78, 5) is 2.22. The number of hydrogen-bond donors (Lipinski definition) is 1. The molecule has 0 aromatic heterocycles. The zero-order chi connectivity index (χ0) is 13.1. The summed E-state index contributed by atoms with van der Waals surface area (Å²) in [6.45, 7) is 7.14. The van der Waals surface area contributed by atoms with Crippen LogP contribution in [0.3, 0.4) is 0 Å². The molecular weight excluding hydrogens is 227 g/mol. The van der Waals surface area contributed by atoms with Gasteiger partial charge in [0.1, 0.15) is 5.82 Å². The van der Waals surface area contributed by atoms with Crippen molar-refractivity contribution in [3.8, 4) is 0 Å². The van der Waals surface area contributed by atoms with Crippen molar-refractivity contribution in [3.63, 3.8) is 0 Å². The Hall–Kier alpha value is -1.09. The van der Waals surface area contributed by atoms with Gasteiger partial charge in [0.15, 0.2) is 0 Å². The Morgan fingerprint density at radius 2 is 1.94 bits per heavy atom. The molecule has 1 aromatic carbocycles. The van der Waals surface area contributed by atoms with Gasteiger partial charge in [0, 0.05) is 19.6 Å². The predicted octanol–water partition coefficient (Wildman–Crippen LogP) is 3.03. The Labute approximate surface area is 109 Å². The third kappa shape index (κ3) is 2.83. The van der Waals surface area contributed by atoms with Crippen molar-refractivity contribution < 1.29 is 4.39 Å². The summed E-state index contributed by atoms with van der Waals surface area (Å²) in [5, 5.41) is 3.12. The van der Waals surface area contributed by atoms with Gasteiger partial charge in [-0.15, -0.1) is 0 Å². The number of benzene rings is 1. The maximum absolute atomic E-state index is 14.1. The number of nitrogens with one attached hydrogen (secondary N) is 1. The van der Waals surface area contributed by atoms with Crippen LogP contribution in [0.25, 0.3) is 0 Å². The average Bonchev–Trinajstić information content (AvgIpc) is 2.28. The molecule has 2 unspecified atom stereocenters. The first-order valence-electron chi connectivity index (χ1n) is 6.78. The molecule has 2 atom stereocenters. The lowest BCUT2D eigenvalue weighted by molar-refractivity contribution is 0.354. The fourth-order valence-corrected chi connectivity index (χ4v) is 3.09. The second-order valence-electron chi connectivity index (χ2n) is 5.63. The smallest absolute Gasteiger partial charge is 0.146 e. The van der Waals surface area contributed by atoms with Crippen molar-refractivity contribution in [2.45, 2.75) is 26.8 Å². The molecule has 2 nitrogen and oxygen atoms in total. The summed E-state index contributed by atoms with van der Waals surface area (Å²) < 4.78 is 14.1. The number of halogens is 1. The summed E-state index contributed by atoms with van der Waals surface area (Å²) in [7, 11) is 1.90. The molecule has 1 N–H and O–H groups in total. The number of rotatable bonds is 3. The zero-order valence-electron chi connectivity index (χ0n) is 11.5. The van der Waals surface area contributed by atoms with Gasteiger partial charge in [0.05, 0.1) is 5.69 Å². The number of nitrogens with zero attached hydrogens (tertiary/aromatic N) is 1. The summed E-state index contributed by atoms with van der Waals surface area (Å²) in [6.07, 6.45) is 1.24. The Morgan fingerprint density at radius 3 is 2.56 bits per heavy atom. The summed E-state index contributed by atoms with van der Waals surface area (Å²) >= 11 is 0. The highest BCUT2D eigenvalue weighted by Gasteiger charge is 2.25. The quantitative estimate of drug-likeness (QED) is 0.887. The molecule has 1 heterocycles. The molecule has 18 heavy (non-hydrogen) atoms. The number of anilines is 1. The van der Waals surface area contributed by atoms with Gasteiger partial charge >= 0.3 is 0 Å². The minimum absolute atomic E-state index is 0.0935. The van der Waals surface area contributed by atoms with Gasteiger partial charge < -0.3 is 10.2 Å². The largest absolute Gasteiger partial charge is 0.368 e. The third-order valence-corrected chi connectivity index (χ3v) is 3.62. The van der Waals surface area contributed by atoms with Crippen LogP contribution in [0.5, 0.6) is 0 Å². The highest BCUT2D eigenvalue weighted by atomic mass is 19.1. The third-order valence-electron chi connectivity index (χ3n) is 3.62. The fraction of sp³-hybridized carbons (Fsp3) is 0.600. The van der Waals surface area contributed by atoms with Crippen molar-refractivity contribution in [1.29, 1.82) is 0 Å². The molecule has 100 valence electrons. The van der Waals surface area contributed by atoms with E-state index in [9.17, 15) is 4.39 Å². The van der Waals surface area contributed by atoms with Crippen LogP contribution in [0.15, 0.2) is 18.2 Å². The Bertz CT molecular complexity index is 395. The lowest BCUT2D eigenvalue weighted by Crippen LogP contribution is -2.39. The molecule has 1 aliphatic heterocycles. The molecule has 1 aliphatic rings. The molecule has 2 rings (SSSR count). The first-order valence-corrected chi connectivity index (χ1v) is 6.78. The van der Waals surface area contributed by atoms with Gasteiger partial charge in [-0.2, -0.15) is 0 Å². The normalized spacial score (nSPS) is 24.3. The van der Waals surface area contributed by atoms with E-state index >= 15 is 0 Å². The SMILES string of the molecule is CNCc1cccc(F)c1N1CC(C)CC(C)C1. The van der Waals surface area contributed by atoms with Crippen molar-refractivity contribution >= 4 is 5.69 Å². The molecule has 0 saturated carbocycles. The molecular formula is C15H23FN2. The number of para-hydroxylation sites is 1. The van der Waals surface area contributed by atoms with Crippen molar-refractivity contribution in [1.82, 2.24) is 5.32 Å². The predicted molar refractivity (Wildman–Crippen MR) is 74.3 cm³/mol. The van der Waals surface area contributed by atoms with Crippen molar-refractivity contribution in [2.75, 3.05) is 25.0 Å². The fourth-order valence-electron chi connectivity index (χ4n) is 3.09. The van der Waals surface area contributed by atoms with Gasteiger partial charge in [-0.1, -0.05) is 26.0 Å². The second-order valence-corrected chi connectivity index (χ2v) is 5.63. The van der Waals surface area contributed by atoms with Crippen LogP contribution < -0.4 is 10.2 Å². The highest BCUT2D eigenvalue weighted by Crippen LogP contribution is 2.30. The van der Waals surface area contributed by atoms with E-state index < -0.39 is 0 Å². The lowest BCUT2D eigenvalue weighted by atomic mass is 9.91. The van der Waals surface area contributed by atoms with E-state index in [0.717, 1.165) is 24.3 Å². The van der Waals surface area contributed by atoms with Crippen LogP contribution >= 0.6 is 0 Å². The van der Waals surface area contributed by atoms with Crippen molar-refractivity contribution in [2.24, 2.45) is 11.8 Å². The van der Waals surface area contributed by atoms with E-state index in [4.69, 9.17) is 0 Å². The van der Waals surface area contributed by atoms with Gasteiger partial charge in [-0.25, -0.2) is 4.39 Å². The highest BCUT2D eigenvalue weighted by molar-refractivity contribution is 5.55. The van der Waals surface area contributed by atoms with Crippen LogP contribution in [0, 0.1) is 17.7 Å². The maximum atomic E-state index is 14.1. The minimum atomic E-state index is -0.0935. The molecule has 0 aliphatic carbocycles. The number of piperidine rings is 1. The lowest BCUT2D eigenvalue weighted by Gasteiger charge is -2.37. The first-order chi connectivity index (χ1) is 8.61. The van der Waals surface area contributed by atoms with E-state index in [1.54, 1.807) is 12.1 Å². The maximum Gasteiger partial charge on any atom is 0.146 e. The molecule has 0 bridgehead atoms.